The zero-order chi connectivity index (χ0) is 15.3. The lowest BCUT2D eigenvalue weighted by atomic mass is 10.0. The summed E-state index contributed by atoms with van der Waals surface area (Å²) in [7, 11) is 0. The number of nitrogens with one attached hydrogen (secondary N) is 1. The number of hydrogen-bond donors (Lipinski definition) is 2. The molecule has 132 valence electrons. The van der Waals surface area contributed by atoms with Crippen molar-refractivity contribution >= 4 is 36.4 Å². The number of carbonyl (C=O) groups is 1. The maximum atomic E-state index is 12.0. The Morgan fingerprint density at radius 2 is 1.78 bits per heavy atom. The van der Waals surface area contributed by atoms with Crippen molar-refractivity contribution in [2.45, 2.75) is 25.8 Å². The molecule has 1 heterocycles. The molecular weight excluding hydrogens is 337 g/mol. The zero-order valence-electron chi connectivity index (χ0n) is 13.7. The lowest BCUT2D eigenvalue weighted by molar-refractivity contribution is -0.121. The summed E-state index contributed by atoms with van der Waals surface area (Å²) in [5.74, 6) is 0.0427. The smallest absolute Gasteiger partial charge is 0.224 e. The van der Waals surface area contributed by atoms with Crippen LogP contribution in [0.4, 0.5) is 5.69 Å². The summed E-state index contributed by atoms with van der Waals surface area (Å²) in [6.45, 7) is 8.32. The standard InChI is InChI=1S/C16H25N3O2.2ClH/c1-16(2,19-7-9-21-10-8-19)12-18-15(20)11-13-3-5-14(17)6-4-13;;/h3-6H,7-12,17H2,1-2H3,(H,18,20);2*1H. The van der Waals surface area contributed by atoms with Crippen LogP contribution >= 0.6 is 24.8 Å². The number of ether oxygens (including phenoxy) is 1. The number of benzene rings is 1. The molecule has 0 bridgehead atoms. The van der Waals surface area contributed by atoms with Gasteiger partial charge in [0.15, 0.2) is 0 Å². The van der Waals surface area contributed by atoms with Gasteiger partial charge in [0.25, 0.3) is 0 Å². The highest BCUT2D eigenvalue weighted by atomic mass is 35.5. The van der Waals surface area contributed by atoms with Crippen LogP contribution in [0.15, 0.2) is 24.3 Å². The quantitative estimate of drug-likeness (QED) is 0.783. The Hall–Kier alpha value is -1.01. The molecule has 0 unspecified atom stereocenters. The van der Waals surface area contributed by atoms with Crippen LogP contribution in [0.5, 0.6) is 0 Å². The lowest BCUT2D eigenvalue weighted by Crippen LogP contribution is -2.55. The van der Waals surface area contributed by atoms with Gasteiger partial charge in [-0.05, 0) is 31.5 Å². The van der Waals surface area contributed by atoms with Gasteiger partial charge in [0.05, 0.1) is 19.6 Å². The summed E-state index contributed by atoms with van der Waals surface area (Å²) < 4.78 is 5.37. The van der Waals surface area contributed by atoms with Crippen LogP contribution in [-0.2, 0) is 16.0 Å². The second-order valence-corrected chi connectivity index (χ2v) is 6.11. The first-order valence-corrected chi connectivity index (χ1v) is 7.41. The van der Waals surface area contributed by atoms with Crippen LogP contribution in [0.25, 0.3) is 0 Å². The van der Waals surface area contributed by atoms with Crippen molar-refractivity contribution < 1.29 is 9.53 Å². The van der Waals surface area contributed by atoms with E-state index in [0.29, 0.717) is 18.7 Å². The van der Waals surface area contributed by atoms with Gasteiger partial charge in [0.1, 0.15) is 0 Å². The molecule has 0 aromatic heterocycles. The summed E-state index contributed by atoms with van der Waals surface area (Å²) in [4.78, 5) is 14.4. The summed E-state index contributed by atoms with van der Waals surface area (Å²) in [5.41, 5.74) is 7.28. The van der Waals surface area contributed by atoms with E-state index in [2.05, 4.69) is 24.1 Å². The SMILES string of the molecule is CC(C)(CNC(=O)Cc1ccc(N)cc1)N1CCOCC1.Cl.Cl. The molecule has 0 radical (unpaired) electrons. The normalized spacial score (nSPS) is 15.2. The van der Waals surface area contributed by atoms with E-state index in [1.54, 1.807) is 0 Å². The summed E-state index contributed by atoms with van der Waals surface area (Å²) >= 11 is 0. The molecule has 1 aliphatic heterocycles. The number of nitrogen functional groups attached to an aromatic ring is 1. The Balaban J connectivity index is 0.00000242. The molecule has 7 heteroatoms. The number of carbonyl (C=O) groups excluding carboxylic acids is 1. The molecule has 2 rings (SSSR count). The fraction of sp³-hybridized carbons (Fsp3) is 0.562. The maximum absolute atomic E-state index is 12.0. The highest BCUT2D eigenvalue weighted by molar-refractivity contribution is 5.85. The lowest BCUT2D eigenvalue weighted by Gasteiger charge is -2.40. The molecule has 0 saturated carbocycles. The van der Waals surface area contributed by atoms with Gasteiger partial charge in [-0.25, -0.2) is 0 Å². The van der Waals surface area contributed by atoms with Crippen LogP contribution in [0.1, 0.15) is 19.4 Å². The van der Waals surface area contributed by atoms with Gasteiger partial charge < -0.3 is 15.8 Å². The molecule has 0 atom stereocenters. The minimum Gasteiger partial charge on any atom is -0.399 e. The van der Waals surface area contributed by atoms with Crippen LogP contribution in [0.2, 0.25) is 0 Å². The Kier molecular flexibility index (Phi) is 9.54. The van der Waals surface area contributed by atoms with Crippen LogP contribution in [0.3, 0.4) is 0 Å². The summed E-state index contributed by atoms with van der Waals surface area (Å²) in [5, 5.41) is 3.03. The van der Waals surface area contributed by atoms with Gasteiger partial charge in [-0.1, -0.05) is 12.1 Å². The highest BCUT2D eigenvalue weighted by Crippen LogP contribution is 2.15. The monoisotopic (exact) mass is 363 g/mol. The Morgan fingerprint density at radius 3 is 2.35 bits per heavy atom. The average molecular weight is 364 g/mol. The van der Waals surface area contributed by atoms with E-state index in [9.17, 15) is 4.79 Å². The zero-order valence-corrected chi connectivity index (χ0v) is 15.3. The molecule has 1 amide bonds. The van der Waals surface area contributed by atoms with Crippen LogP contribution in [-0.4, -0.2) is 49.2 Å². The van der Waals surface area contributed by atoms with Crippen molar-refractivity contribution in [1.29, 1.82) is 0 Å². The predicted octanol–water partition coefficient (Wildman–Crippen LogP) is 1.88. The molecule has 1 saturated heterocycles. The number of halogens is 2. The van der Waals surface area contributed by atoms with Crippen molar-refractivity contribution in [1.82, 2.24) is 10.2 Å². The fourth-order valence-electron chi connectivity index (χ4n) is 2.48. The van der Waals surface area contributed by atoms with Gasteiger partial charge in [-0.2, -0.15) is 0 Å². The number of nitrogens with zero attached hydrogens (tertiary/aromatic N) is 1. The number of rotatable bonds is 5. The van der Waals surface area contributed by atoms with Gasteiger partial charge in [0, 0.05) is 30.9 Å². The minimum absolute atomic E-state index is 0. The average Bonchev–Trinajstić information content (AvgIpc) is 2.49. The molecule has 1 aromatic rings. The number of nitrogens with two attached hydrogens (primary N) is 1. The third-order valence-electron chi connectivity index (χ3n) is 3.93. The first-order chi connectivity index (χ1) is 9.97. The largest absolute Gasteiger partial charge is 0.399 e. The number of amides is 1. The van der Waals surface area contributed by atoms with E-state index >= 15 is 0 Å². The van der Waals surface area contributed by atoms with Crippen LogP contribution < -0.4 is 11.1 Å². The van der Waals surface area contributed by atoms with Crippen molar-refractivity contribution in [3.8, 4) is 0 Å². The van der Waals surface area contributed by atoms with Crippen molar-refractivity contribution in [3.05, 3.63) is 29.8 Å². The molecule has 5 nitrogen and oxygen atoms in total. The first kappa shape index (κ1) is 22.0. The molecule has 1 aromatic carbocycles. The van der Waals surface area contributed by atoms with Gasteiger partial charge in [-0.3, -0.25) is 9.69 Å². The van der Waals surface area contributed by atoms with Gasteiger partial charge in [-0.15, -0.1) is 24.8 Å². The first-order valence-electron chi connectivity index (χ1n) is 7.41. The topological polar surface area (TPSA) is 67.6 Å². The molecule has 1 fully saturated rings. The Bertz CT molecular complexity index is 475. The second-order valence-electron chi connectivity index (χ2n) is 6.11. The molecule has 0 aliphatic carbocycles. The van der Waals surface area contributed by atoms with Crippen molar-refractivity contribution in [3.63, 3.8) is 0 Å². The van der Waals surface area contributed by atoms with Crippen molar-refractivity contribution in [2.24, 2.45) is 0 Å². The van der Waals surface area contributed by atoms with E-state index < -0.39 is 0 Å². The van der Waals surface area contributed by atoms with E-state index in [-0.39, 0.29) is 36.3 Å². The molecule has 3 N–H and O–H groups in total. The van der Waals surface area contributed by atoms with Gasteiger partial charge >= 0.3 is 0 Å². The number of morpholine rings is 1. The molecule has 23 heavy (non-hydrogen) atoms. The third kappa shape index (κ3) is 6.96. The van der Waals surface area contributed by atoms with Crippen molar-refractivity contribution in [2.75, 3.05) is 38.6 Å². The minimum atomic E-state index is -0.0550. The Labute approximate surface area is 150 Å². The maximum Gasteiger partial charge on any atom is 0.224 e. The predicted molar refractivity (Wildman–Crippen MR) is 98.5 cm³/mol. The summed E-state index contributed by atoms with van der Waals surface area (Å²) in [6, 6.07) is 7.42. The molecule has 1 aliphatic rings. The fourth-order valence-corrected chi connectivity index (χ4v) is 2.48. The van der Waals surface area contributed by atoms with E-state index in [4.69, 9.17) is 10.5 Å². The van der Waals surface area contributed by atoms with E-state index in [1.165, 1.54) is 0 Å². The summed E-state index contributed by atoms with van der Waals surface area (Å²) in [6.07, 6.45) is 0.388. The van der Waals surface area contributed by atoms with E-state index in [0.717, 1.165) is 31.9 Å². The molecular formula is C16H27Cl2N3O2. The Morgan fingerprint density at radius 1 is 1.22 bits per heavy atom. The van der Waals surface area contributed by atoms with Gasteiger partial charge in [0.2, 0.25) is 5.91 Å². The third-order valence-corrected chi connectivity index (χ3v) is 3.93. The van der Waals surface area contributed by atoms with Crippen LogP contribution in [0, 0.1) is 0 Å². The van der Waals surface area contributed by atoms with E-state index in [1.807, 2.05) is 24.3 Å². The molecule has 0 spiro atoms. The number of hydrogen-bond acceptors (Lipinski definition) is 4. The second kappa shape index (κ2) is 9.98. The number of anilines is 1. The highest BCUT2D eigenvalue weighted by Gasteiger charge is 2.28.